The quantitative estimate of drug-likeness (QED) is 0.323. The molecule has 1 aromatic heterocycles. The van der Waals surface area contributed by atoms with Gasteiger partial charge < -0.3 is 9.84 Å². The highest BCUT2D eigenvalue weighted by molar-refractivity contribution is 7.79. The van der Waals surface area contributed by atoms with Gasteiger partial charge in [0, 0.05) is 22.7 Å². The van der Waals surface area contributed by atoms with Gasteiger partial charge in [-0.1, -0.05) is 79.9 Å². The lowest BCUT2D eigenvalue weighted by atomic mass is 9.69. The van der Waals surface area contributed by atoms with Crippen LogP contribution in [0.1, 0.15) is 164 Å². The zero-order valence-electron chi connectivity index (χ0n) is 28.1. The number of hydrogen-bond donors (Lipinski definition) is 2. The smallest absolute Gasteiger partial charge is 0.388 e. The van der Waals surface area contributed by atoms with Crippen molar-refractivity contribution < 1.29 is 23.0 Å². The molecule has 4 aliphatic rings. The van der Waals surface area contributed by atoms with Gasteiger partial charge in [-0.2, -0.15) is 25.8 Å². The summed E-state index contributed by atoms with van der Waals surface area (Å²) in [7, 11) is 0. The average Bonchev–Trinajstić information content (AvgIpc) is 3.69. The van der Waals surface area contributed by atoms with Crippen LogP contribution in [0.5, 0.6) is 0 Å². The number of nitrogens with zero attached hydrogens (tertiary/aromatic N) is 1. The Bertz CT molecular complexity index is 1280. The number of thiol groups is 1. The van der Waals surface area contributed by atoms with Crippen molar-refractivity contribution in [1.29, 1.82) is 0 Å². The summed E-state index contributed by atoms with van der Waals surface area (Å²) < 4.78 is 47.0. The van der Waals surface area contributed by atoms with E-state index in [0.717, 1.165) is 72.2 Å². The minimum atomic E-state index is -4.37. The molecular formula is C37H54F3NO2S. The molecule has 246 valence electrons. The highest BCUT2D eigenvalue weighted by Crippen LogP contribution is 2.62. The lowest BCUT2D eigenvalue weighted by Crippen LogP contribution is -2.34. The molecule has 0 amide bonds. The number of halogens is 3. The fourth-order valence-corrected chi connectivity index (χ4v) is 7.67. The number of aliphatic hydroxyl groups is 1. The van der Waals surface area contributed by atoms with E-state index in [1.807, 2.05) is 0 Å². The van der Waals surface area contributed by atoms with Crippen molar-refractivity contribution in [2.75, 3.05) is 6.26 Å². The van der Waals surface area contributed by atoms with E-state index in [4.69, 9.17) is 9.72 Å². The summed E-state index contributed by atoms with van der Waals surface area (Å²) in [6, 6.07) is 5.49. The molecule has 4 atom stereocenters. The van der Waals surface area contributed by atoms with Crippen LogP contribution in [-0.2, 0) is 22.9 Å². The molecule has 2 aromatic rings. The average molecular weight is 634 g/mol. The molecule has 4 unspecified atom stereocenters. The van der Waals surface area contributed by atoms with Gasteiger partial charge in [-0.15, -0.1) is 0 Å². The summed E-state index contributed by atoms with van der Waals surface area (Å²) in [6.45, 7) is 15.6. The third-order valence-corrected chi connectivity index (χ3v) is 10.4. The Labute approximate surface area is 269 Å². The second kappa shape index (κ2) is 13.3. The molecule has 3 aliphatic carbocycles. The predicted molar refractivity (Wildman–Crippen MR) is 176 cm³/mol. The van der Waals surface area contributed by atoms with Crippen LogP contribution in [0.2, 0.25) is 0 Å². The number of fused-ring (bicyclic) bond motifs is 4. The van der Waals surface area contributed by atoms with Crippen molar-refractivity contribution in [3.8, 4) is 0 Å². The van der Waals surface area contributed by atoms with Gasteiger partial charge in [0.05, 0.1) is 23.0 Å². The molecule has 2 saturated carbocycles. The summed E-state index contributed by atoms with van der Waals surface area (Å²) in [5.41, 5.74) is 5.29. The second-order valence-electron chi connectivity index (χ2n) is 15.4. The number of rotatable bonds is 2. The third-order valence-electron chi connectivity index (χ3n) is 10.4. The van der Waals surface area contributed by atoms with E-state index >= 15 is 0 Å². The number of hydrogen-bond acceptors (Lipinski definition) is 4. The Morgan fingerprint density at radius 3 is 2.07 bits per heavy atom. The zero-order chi connectivity index (χ0) is 32.7. The fourth-order valence-electron chi connectivity index (χ4n) is 7.67. The van der Waals surface area contributed by atoms with Crippen molar-refractivity contribution in [2.45, 2.75) is 143 Å². The zero-order valence-corrected chi connectivity index (χ0v) is 29.0. The molecule has 3 nitrogen and oxygen atoms in total. The molecular weight excluding hydrogens is 579 g/mol. The highest BCUT2D eigenvalue weighted by Gasteiger charge is 2.56. The molecule has 0 radical (unpaired) electrons. The van der Waals surface area contributed by atoms with Crippen LogP contribution in [0.15, 0.2) is 24.3 Å². The van der Waals surface area contributed by atoms with Gasteiger partial charge in [0.1, 0.15) is 6.10 Å². The van der Waals surface area contributed by atoms with Gasteiger partial charge in [-0.3, -0.25) is 4.98 Å². The number of pyridine rings is 1. The summed E-state index contributed by atoms with van der Waals surface area (Å²) in [4.78, 5) is 5.31. The van der Waals surface area contributed by atoms with E-state index in [-0.39, 0.29) is 11.3 Å². The van der Waals surface area contributed by atoms with Gasteiger partial charge in [-0.25, -0.2) is 0 Å². The number of benzene rings is 1. The maximum absolute atomic E-state index is 13.3. The first-order valence-electron chi connectivity index (χ1n) is 16.6. The predicted octanol–water partition coefficient (Wildman–Crippen LogP) is 10.9. The first-order chi connectivity index (χ1) is 20.6. The summed E-state index contributed by atoms with van der Waals surface area (Å²) in [5, 5.41) is 11.5. The lowest BCUT2D eigenvalue weighted by Gasteiger charge is -2.39. The molecule has 1 spiro atoms. The monoisotopic (exact) mass is 633 g/mol. The molecule has 1 aliphatic heterocycles. The first kappa shape index (κ1) is 35.3. The topological polar surface area (TPSA) is 42.4 Å². The van der Waals surface area contributed by atoms with Crippen molar-refractivity contribution in [2.24, 2.45) is 16.7 Å². The molecule has 7 heteroatoms. The number of aromatic nitrogens is 1. The minimum Gasteiger partial charge on any atom is -0.388 e. The van der Waals surface area contributed by atoms with E-state index < -0.39 is 29.5 Å². The van der Waals surface area contributed by atoms with Crippen LogP contribution in [-0.4, -0.2) is 16.3 Å². The molecule has 1 N–H and O–H groups in total. The van der Waals surface area contributed by atoms with Crippen molar-refractivity contribution >= 4 is 12.6 Å². The minimum absolute atomic E-state index is 0.0403. The Kier molecular flexibility index (Phi) is 10.6. The molecule has 2 heterocycles. The largest absolute Gasteiger partial charge is 0.416 e. The van der Waals surface area contributed by atoms with Gasteiger partial charge in [0.15, 0.2) is 0 Å². The van der Waals surface area contributed by atoms with Crippen LogP contribution in [0.3, 0.4) is 0 Å². The maximum atomic E-state index is 13.3. The van der Waals surface area contributed by atoms with Crippen LogP contribution in [0.25, 0.3) is 0 Å². The number of ether oxygens (including phenoxy) is 1. The van der Waals surface area contributed by atoms with Crippen LogP contribution in [0.4, 0.5) is 13.2 Å². The Morgan fingerprint density at radius 2 is 1.57 bits per heavy atom. The van der Waals surface area contributed by atoms with E-state index in [1.54, 1.807) is 18.4 Å². The Balaban J connectivity index is 0.000000496. The SMILES string of the molecule is CC1CCCC12OC(c1ccc(C(F)(F)F)cc1)c1c(C3CCCC3)nc3c(c12)C(O)CC(C)(C)C3.CCC(C)(C)C.CS. The normalized spacial score (nSPS) is 27.7. The standard InChI is InChI=1S/C30H36F3NO2.C6H14.CH4S/c1-17-7-6-14-29(17)25-23-21(15-28(2,3)16-22(23)35)34-26(18-8-4-5-9-18)24(25)27(36-29)19-10-12-20(13-11-19)30(31,32)33;1-5-6(2,3)4;1-2/h10-13,17-18,22,27,35H,4-9,14-16H2,1-3H3;5H2,1-4H3;2H,1H3. The Hall–Kier alpha value is -1.57. The molecule has 2 fully saturated rings. The second-order valence-corrected chi connectivity index (χ2v) is 15.4. The fraction of sp³-hybridized carbons (Fsp3) is 0.703. The van der Waals surface area contributed by atoms with Crippen molar-refractivity contribution in [3.63, 3.8) is 0 Å². The van der Waals surface area contributed by atoms with Gasteiger partial charge in [-0.05, 0) is 91.2 Å². The van der Waals surface area contributed by atoms with E-state index in [1.165, 1.54) is 31.4 Å². The molecule has 0 saturated heterocycles. The molecule has 44 heavy (non-hydrogen) atoms. The van der Waals surface area contributed by atoms with Crippen LogP contribution in [0, 0.1) is 16.7 Å². The summed E-state index contributed by atoms with van der Waals surface area (Å²) >= 11 is 3.53. The van der Waals surface area contributed by atoms with E-state index in [2.05, 4.69) is 61.1 Å². The van der Waals surface area contributed by atoms with Gasteiger partial charge in [0.2, 0.25) is 0 Å². The summed E-state index contributed by atoms with van der Waals surface area (Å²) in [6.07, 6.45) is 6.45. The van der Waals surface area contributed by atoms with E-state index in [9.17, 15) is 18.3 Å². The first-order valence-corrected chi connectivity index (χ1v) is 17.5. The van der Waals surface area contributed by atoms with Gasteiger partial charge in [0.25, 0.3) is 0 Å². The maximum Gasteiger partial charge on any atom is 0.416 e. The lowest BCUT2D eigenvalue weighted by molar-refractivity contribution is -0.137. The van der Waals surface area contributed by atoms with Crippen LogP contribution >= 0.6 is 12.6 Å². The Morgan fingerprint density at radius 1 is 0.977 bits per heavy atom. The van der Waals surface area contributed by atoms with Crippen molar-refractivity contribution in [3.05, 3.63) is 63.5 Å². The molecule has 0 bridgehead atoms. The molecule has 1 aromatic carbocycles. The summed E-state index contributed by atoms with van der Waals surface area (Å²) in [5.74, 6) is 0.597. The van der Waals surface area contributed by atoms with E-state index in [0.29, 0.717) is 17.8 Å². The third kappa shape index (κ3) is 7.05. The number of alkyl halides is 3. The highest BCUT2D eigenvalue weighted by atomic mass is 32.1. The van der Waals surface area contributed by atoms with Crippen molar-refractivity contribution in [1.82, 2.24) is 4.98 Å². The molecule has 6 rings (SSSR count). The van der Waals surface area contributed by atoms with Crippen LogP contribution < -0.4 is 0 Å². The number of aliphatic hydroxyl groups excluding tert-OH is 1. The van der Waals surface area contributed by atoms with Gasteiger partial charge >= 0.3 is 6.18 Å².